The van der Waals surface area contributed by atoms with Gasteiger partial charge in [-0.25, -0.2) is 19.2 Å². The van der Waals surface area contributed by atoms with Crippen LogP contribution in [0.5, 0.6) is 0 Å². The van der Waals surface area contributed by atoms with Crippen molar-refractivity contribution in [3.8, 4) is 0 Å². The number of nitrogens with one attached hydrogen (secondary N) is 1. The number of hydrazine groups is 1. The molecule has 0 unspecified atom stereocenters. The van der Waals surface area contributed by atoms with E-state index in [-0.39, 0.29) is 15.7 Å². The Hall–Kier alpha value is -0.890. The highest BCUT2D eigenvalue weighted by Gasteiger charge is 2.33. The first-order valence-corrected chi connectivity index (χ1v) is 7.60. The van der Waals surface area contributed by atoms with Crippen molar-refractivity contribution in [3.05, 3.63) is 17.3 Å². The summed E-state index contributed by atoms with van der Waals surface area (Å²) in [6.07, 6.45) is 1.92. The number of nitrogen functional groups attached to an aromatic ring is 1. The van der Waals surface area contributed by atoms with Gasteiger partial charge in [0.25, 0.3) is 0 Å². The van der Waals surface area contributed by atoms with E-state index in [4.69, 9.17) is 17.4 Å². The van der Waals surface area contributed by atoms with Crippen LogP contribution in [0.3, 0.4) is 0 Å². The zero-order valence-electron chi connectivity index (χ0n) is 11.4. The monoisotopic (exact) mass is 306 g/mol. The minimum atomic E-state index is -3.64. The molecule has 19 heavy (non-hydrogen) atoms. The average Bonchev–Trinajstić information content (AvgIpc) is 2.37. The Morgan fingerprint density at radius 2 is 2.11 bits per heavy atom. The third kappa shape index (κ3) is 3.17. The van der Waals surface area contributed by atoms with E-state index in [1.807, 2.05) is 20.8 Å². The Balaban J connectivity index is 3.25. The Kier molecular flexibility index (Phi) is 4.78. The fourth-order valence-corrected chi connectivity index (χ4v) is 3.21. The molecule has 0 aromatic carbocycles. The lowest BCUT2D eigenvalue weighted by Crippen LogP contribution is -2.44. The van der Waals surface area contributed by atoms with Crippen molar-refractivity contribution in [1.29, 1.82) is 0 Å². The van der Waals surface area contributed by atoms with Crippen molar-refractivity contribution in [1.82, 2.24) is 9.29 Å². The standard InChI is InChI=1S/C11H19ClN4O2S/c1-5-11(2,3)16(4)19(17,18)8-6-9(12)10(15-13)14-7-8/h6-7H,5,13H2,1-4H3,(H,14,15). The molecule has 108 valence electrons. The van der Waals surface area contributed by atoms with Gasteiger partial charge in [-0.3, -0.25) is 0 Å². The summed E-state index contributed by atoms with van der Waals surface area (Å²) in [6, 6.07) is 1.33. The average molecular weight is 307 g/mol. The number of nitrogens with zero attached hydrogens (tertiary/aromatic N) is 2. The number of aromatic nitrogens is 1. The van der Waals surface area contributed by atoms with Crippen molar-refractivity contribution in [2.75, 3.05) is 12.5 Å². The van der Waals surface area contributed by atoms with Gasteiger partial charge in [-0.1, -0.05) is 18.5 Å². The second-order valence-corrected chi connectivity index (χ2v) is 7.16. The van der Waals surface area contributed by atoms with Gasteiger partial charge in [-0.2, -0.15) is 4.31 Å². The van der Waals surface area contributed by atoms with Crippen LogP contribution in [0.4, 0.5) is 5.82 Å². The molecule has 1 rings (SSSR count). The maximum Gasteiger partial charge on any atom is 0.244 e. The first kappa shape index (κ1) is 16.2. The van der Waals surface area contributed by atoms with Crippen molar-refractivity contribution in [2.45, 2.75) is 37.6 Å². The summed E-state index contributed by atoms with van der Waals surface area (Å²) in [5.74, 6) is 5.44. The smallest absolute Gasteiger partial charge is 0.244 e. The molecule has 1 heterocycles. The lowest BCUT2D eigenvalue weighted by Gasteiger charge is -2.33. The van der Waals surface area contributed by atoms with Crippen LogP contribution in [0.25, 0.3) is 0 Å². The molecule has 0 amide bonds. The van der Waals surface area contributed by atoms with Crippen LogP contribution in [0, 0.1) is 0 Å². The van der Waals surface area contributed by atoms with E-state index in [9.17, 15) is 8.42 Å². The Labute approximate surface area is 119 Å². The third-order valence-electron chi connectivity index (χ3n) is 3.33. The number of halogens is 1. The zero-order valence-corrected chi connectivity index (χ0v) is 13.0. The van der Waals surface area contributed by atoms with Gasteiger partial charge in [-0.05, 0) is 26.3 Å². The van der Waals surface area contributed by atoms with Crippen LogP contribution >= 0.6 is 11.6 Å². The predicted molar refractivity (Wildman–Crippen MR) is 76.4 cm³/mol. The van der Waals surface area contributed by atoms with Crippen LogP contribution in [0.2, 0.25) is 5.02 Å². The van der Waals surface area contributed by atoms with E-state index in [0.717, 1.165) is 0 Å². The summed E-state index contributed by atoms with van der Waals surface area (Å²) in [5.41, 5.74) is 1.80. The molecule has 0 saturated heterocycles. The molecule has 8 heteroatoms. The van der Waals surface area contributed by atoms with Crippen LogP contribution in [0.15, 0.2) is 17.2 Å². The lowest BCUT2D eigenvalue weighted by molar-refractivity contribution is 0.257. The molecular formula is C11H19ClN4O2S. The molecule has 6 nitrogen and oxygen atoms in total. The number of hydrogen-bond donors (Lipinski definition) is 2. The van der Waals surface area contributed by atoms with Gasteiger partial charge >= 0.3 is 0 Å². The van der Waals surface area contributed by atoms with E-state index < -0.39 is 15.6 Å². The largest absolute Gasteiger partial charge is 0.307 e. The molecule has 0 radical (unpaired) electrons. The first-order valence-electron chi connectivity index (χ1n) is 5.78. The summed E-state index contributed by atoms with van der Waals surface area (Å²) >= 11 is 5.90. The molecule has 0 aliphatic heterocycles. The van der Waals surface area contributed by atoms with Crippen molar-refractivity contribution in [2.24, 2.45) is 5.84 Å². The zero-order chi connectivity index (χ0) is 14.8. The minimum absolute atomic E-state index is 0.0422. The summed E-state index contributed by atoms with van der Waals surface area (Å²) in [4.78, 5) is 3.92. The Bertz CT molecular complexity index is 560. The highest BCUT2D eigenvalue weighted by molar-refractivity contribution is 7.89. The number of rotatable bonds is 5. The molecule has 0 aliphatic carbocycles. The fourth-order valence-electron chi connectivity index (χ4n) is 1.37. The van der Waals surface area contributed by atoms with Gasteiger partial charge in [0.15, 0.2) is 5.82 Å². The minimum Gasteiger partial charge on any atom is -0.307 e. The fraction of sp³-hybridized carbons (Fsp3) is 0.545. The van der Waals surface area contributed by atoms with E-state index >= 15 is 0 Å². The normalized spacial score (nSPS) is 12.8. The SMILES string of the molecule is CCC(C)(C)N(C)S(=O)(=O)c1cnc(NN)c(Cl)c1. The molecule has 0 atom stereocenters. The van der Waals surface area contributed by atoms with Gasteiger partial charge in [0.2, 0.25) is 10.0 Å². The molecule has 3 N–H and O–H groups in total. The van der Waals surface area contributed by atoms with Gasteiger partial charge in [0.1, 0.15) is 4.90 Å². The summed E-state index contributed by atoms with van der Waals surface area (Å²) < 4.78 is 26.3. The second kappa shape index (κ2) is 5.62. The van der Waals surface area contributed by atoms with E-state index in [0.29, 0.717) is 6.42 Å². The summed E-state index contributed by atoms with van der Waals surface area (Å²) in [5, 5.41) is 0.159. The molecule has 0 saturated carbocycles. The lowest BCUT2D eigenvalue weighted by atomic mass is 10.0. The van der Waals surface area contributed by atoms with Crippen molar-refractivity contribution < 1.29 is 8.42 Å². The van der Waals surface area contributed by atoms with Gasteiger partial charge in [0.05, 0.1) is 5.02 Å². The van der Waals surface area contributed by atoms with Gasteiger partial charge < -0.3 is 5.43 Å². The Morgan fingerprint density at radius 1 is 1.53 bits per heavy atom. The molecular weight excluding hydrogens is 288 g/mol. The molecule has 1 aromatic heterocycles. The van der Waals surface area contributed by atoms with Gasteiger partial charge in [-0.15, -0.1) is 0 Å². The highest BCUT2D eigenvalue weighted by Crippen LogP contribution is 2.28. The van der Waals surface area contributed by atoms with Crippen LogP contribution in [-0.2, 0) is 10.0 Å². The molecule has 1 aromatic rings. The molecule has 0 bridgehead atoms. The number of sulfonamides is 1. The number of nitrogens with two attached hydrogens (primary N) is 1. The topological polar surface area (TPSA) is 88.3 Å². The third-order valence-corrected chi connectivity index (χ3v) is 5.65. The van der Waals surface area contributed by atoms with E-state index in [1.54, 1.807) is 7.05 Å². The molecule has 0 spiro atoms. The Morgan fingerprint density at radius 3 is 2.53 bits per heavy atom. The predicted octanol–water partition coefficient (Wildman–Crippen LogP) is 1.83. The number of anilines is 1. The van der Waals surface area contributed by atoms with Crippen LogP contribution < -0.4 is 11.3 Å². The number of hydrogen-bond acceptors (Lipinski definition) is 5. The summed E-state index contributed by atoms with van der Waals surface area (Å²) in [6.45, 7) is 5.64. The second-order valence-electron chi connectivity index (χ2n) is 4.78. The van der Waals surface area contributed by atoms with Crippen molar-refractivity contribution in [3.63, 3.8) is 0 Å². The van der Waals surface area contributed by atoms with Crippen LogP contribution in [0.1, 0.15) is 27.2 Å². The maximum absolute atomic E-state index is 12.5. The van der Waals surface area contributed by atoms with Gasteiger partial charge in [0, 0.05) is 18.8 Å². The van der Waals surface area contributed by atoms with Crippen LogP contribution in [-0.4, -0.2) is 30.3 Å². The van der Waals surface area contributed by atoms with Crippen molar-refractivity contribution >= 4 is 27.4 Å². The molecule has 0 aliphatic rings. The van der Waals surface area contributed by atoms with E-state index in [1.165, 1.54) is 16.6 Å². The maximum atomic E-state index is 12.5. The summed E-state index contributed by atoms with van der Waals surface area (Å²) in [7, 11) is -2.09. The highest BCUT2D eigenvalue weighted by atomic mass is 35.5. The molecule has 0 fully saturated rings. The first-order chi connectivity index (χ1) is 8.66. The van der Waals surface area contributed by atoms with E-state index in [2.05, 4.69) is 10.4 Å². The quantitative estimate of drug-likeness (QED) is 0.640. The number of pyridine rings is 1.